The van der Waals surface area contributed by atoms with Gasteiger partial charge in [-0.05, 0) is 30.7 Å². The smallest absolute Gasteiger partial charge is 0.258 e. The highest BCUT2D eigenvalue weighted by Crippen LogP contribution is 2.53. The van der Waals surface area contributed by atoms with Crippen molar-refractivity contribution in [3.05, 3.63) is 92.5 Å². The molecule has 0 radical (unpaired) electrons. The number of phenolic OH excluding ortho intramolecular Hbond substituents is 2. The molecule has 2 aliphatic carbocycles. The largest absolute Gasteiger partial charge is 0.507 e. The number of hydrogen-bond donors (Lipinski definition) is 6. The van der Waals surface area contributed by atoms with Gasteiger partial charge >= 0.3 is 0 Å². The zero-order chi connectivity index (χ0) is 44.2. The van der Waals surface area contributed by atoms with Crippen LogP contribution in [0.5, 0.6) is 17.2 Å². The van der Waals surface area contributed by atoms with Gasteiger partial charge in [0.05, 0.1) is 78.3 Å². The van der Waals surface area contributed by atoms with Crippen LogP contribution in [0, 0.1) is 0 Å². The number of morpholine rings is 1. The monoisotopic (exact) mass is 876 g/mol. The Morgan fingerprint density at radius 3 is 2.45 bits per heavy atom. The lowest BCUT2D eigenvalue weighted by molar-refractivity contribution is -0.265. The molecular weight excluding hydrogens is 832 g/mol. The number of carbonyl (C=O) groups excluding carboxylic acids is 4. The average Bonchev–Trinajstić information content (AvgIpc) is 3.59. The van der Waals surface area contributed by atoms with Crippen molar-refractivity contribution in [1.29, 1.82) is 0 Å². The van der Waals surface area contributed by atoms with Crippen LogP contribution < -0.4 is 15.1 Å². The van der Waals surface area contributed by atoms with Crippen molar-refractivity contribution in [2.45, 2.75) is 75.3 Å². The average molecular weight is 877 g/mol. The molecule has 62 heavy (non-hydrogen) atoms. The number of fused-ring (bicyclic) bond motifs is 3. The van der Waals surface area contributed by atoms with Gasteiger partial charge in [0.1, 0.15) is 22.8 Å². The number of anilines is 1. The van der Waals surface area contributed by atoms with Gasteiger partial charge in [-0.2, -0.15) is 5.10 Å². The number of halogens is 1. The van der Waals surface area contributed by atoms with E-state index in [0.717, 1.165) is 17.1 Å². The molecule has 1 unspecified atom stereocenters. The van der Waals surface area contributed by atoms with Crippen molar-refractivity contribution in [2.75, 3.05) is 45.4 Å². The Kier molecular flexibility index (Phi) is 12.0. The van der Waals surface area contributed by atoms with Crippen molar-refractivity contribution in [2.24, 2.45) is 5.10 Å². The summed E-state index contributed by atoms with van der Waals surface area (Å²) in [7, 11) is 2.85. The maximum Gasteiger partial charge on any atom is 0.258 e. The van der Waals surface area contributed by atoms with Crippen LogP contribution >= 0.6 is 11.6 Å². The van der Waals surface area contributed by atoms with E-state index in [4.69, 9.17) is 35.3 Å². The molecule has 3 heterocycles. The van der Waals surface area contributed by atoms with Crippen molar-refractivity contribution in [3.63, 3.8) is 0 Å². The third kappa shape index (κ3) is 7.54. The molecular formula is C43H45ClN4O14. The molecule has 18 nitrogen and oxygen atoms in total. The molecule has 3 aromatic rings. The fraction of sp³-hybridized carbons (Fsp3) is 0.419. The number of imide groups is 1. The van der Waals surface area contributed by atoms with Crippen LogP contribution in [0.1, 0.15) is 74.4 Å². The number of benzene rings is 3. The third-order valence-electron chi connectivity index (χ3n) is 12.1. The predicted octanol–water partition coefficient (Wildman–Crippen LogP) is 2.01. The van der Waals surface area contributed by atoms with E-state index in [9.17, 15) is 44.7 Å². The minimum atomic E-state index is -2.11. The van der Waals surface area contributed by atoms with E-state index >= 15 is 0 Å². The second-order valence-electron chi connectivity index (χ2n) is 15.7. The van der Waals surface area contributed by atoms with Crippen LogP contribution in [-0.4, -0.2) is 136 Å². The van der Waals surface area contributed by atoms with Gasteiger partial charge in [-0.1, -0.05) is 29.8 Å². The number of ether oxygens (including phenoxy) is 5. The Hall–Kier alpha value is -5.28. The Morgan fingerprint density at radius 1 is 1.02 bits per heavy atom. The van der Waals surface area contributed by atoms with Crippen LogP contribution in [0.2, 0.25) is 5.02 Å². The molecule has 19 heteroatoms. The first-order valence-electron chi connectivity index (χ1n) is 19.9. The van der Waals surface area contributed by atoms with Gasteiger partial charge < -0.3 is 54.6 Å². The number of methoxy groups -OCH3 is 2. The highest BCUT2D eigenvalue weighted by atomic mass is 35.5. The lowest BCUT2D eigenvalue weighted by Gasteiger charge is -2.47. The summed E-state index contributed by atoms with van der Waals surface area (Å²) in [6.45, 7) is 2.04. The van der Waals surface area contributed by atoms with Gasteiger partial charge in [0, 0.05) is 74.3 Å². The number of aromatic hydroxyl groups is 2. The Balaban J connectivity index is 1.15. The maximum atomic E-state index is 14.2. The van der Waals surface area contributed by atoms with Crippen LogP contribution in [-0.2, 0) is 41.5 Å². The first-order chi connectivity index (χ1) is 29.7. The van der Waals surface area contributed by atoms with Gasteiger partial charge in [-0.25, -0.2) is 4.90 Å². The van der Waals surface area contributed by atoms with E-state index in [0.29, 0.717) is 25.3 Å². The van der Waals surface area contributed by atoms with Crippen LogP contribution in [0.4, 0.5) is 5.69 Å². The van der Waals surface area contributed by atoms with Crippen LogP contribution in [0.15, 0.2) is 53.7 Å². The molecule has 6 N–H and O–H groups in total. The fourth-order valence-electron chi connectivity index (χ4n) is 8.99. The van der Waals surface area contributed by atoms with Gasteiger partial charge in [-0.3, -0.25) is 24.1 Å². The Morgan fingerprint density at radius 2 is 1.76 bits per heavy atom. The molecule has 0 bridgehead atoms. The molecule has 7 atom stereocenters. The Labute approximate surface area is 359 Å². The molecule has 2 fully saturated rings. The lowest BCUT2D eigenvalue weighted by atomic mass is 9.71. The number of phenols is 2. The van der Waals surface area contributed by atoms with Crippen molar-refractivity contribution < 1.29 is 68.4 Å². The van der Waals surface area contributed by atoms with Gasteiger partial charge in [0.2, 0.25) is 5.78 Å². The number of hydrazone groups is 1. The normalized spacial score (nSPS) is 27.6. The molecule has 2 saturated heterocycles. The van der Waals surface area contributed by atoms with Gasteiger partial charge in [-0.15, -0.1) is 0 Å². The number of nitrogens with one attached hydrogen (secondary N) is 1. The van der Waals surface area contributed by atoms with E-state index in [1.807, 2.05) is 4.90 Å². The number of hydrogen-bond acceptors (Lipinski definition) is 17. The Bertz CT molecular complexity index is 2390. The molecule has 0 saturated carbocycles. The number of carbonyl (C=O) groups is 4. The third-order valence-corrected chi connectivity index (χ3v) is 12.4. The summed E-state index contributed by atoms with van der Waals surface area (Å²) in [6.07, 6.45) is -3.19. The molecule has 0 aromatic heterocycles. The quantitative estimate of drug-likeness (QED) is 0.0546. The number of ketones is 2. The van der Waals surface area contributed by atoms with Crippen molar-refractivity contribution in [1.82, 2.24) is 10.3 Å². The molecule has 8 rings (SSSR count). The number of aliphatic hydroxyl groups excluding tert-OH is 2. The minimum Gasteiger partial charge on any atom is -0.507 e. The molecule has 5 aliphatic rings. The topological polar surface area (TPSA) is 246 Å². The summed E-state index contributed by atoms with van der Waals surface area (Å²) in [6, 6.07) is 8.53. The molecule has 3 aromatic carbocycles. The zero-order valence-corrected chi connectivity index (χ0v) is 34.6. The van der Waals surface area contributed by atoms with Crippen molar-refractivity contribution >= 4 is 46.4 Å². The summed E-state index contributed by atoms with van der Waals surface area (Å²) in [5.74, 6) is -3.87. The predicted molar refractivity (Wildman–Crippen MR) is 218 cm³/mol. The molecule has 3 aliphatic heterocycles. The van der Waals surface area contributed by atoms with Crippen LogP contribution in [0.3, 0.4) is 0 Å². The molecule has 0 spiro atoms. The van der Waals surface area contributed by atoms with E-state index in [2.05, 4.69) is 10.5 Å². The van der Waals surface area contributed by atoms with E-state index in [1.54, 1.807) is 13.0 Å². The standard InChI is InChI=1S/C43H45ClN4O14/c1-20-38(52)26(47-11-12-60-33(18-47)59-3)14-32(61-20)62-28-16-43(57,29(19-49)46-45-17-21-7-8-25(24(44)13-21)48-30(50)9-10-31(48)51)15-23-35(28)42(56)37-36(40(23)54)39(53)22-5-4-6-27(58-2)34(22)41(37)55/h4-10,13,20,26,28,32-33,38,45,49,52,54,56-57H,11-12,14-19H2,1-3H3/b46-29+/t20-,26?,28-,32-,33+,38+,43-/m0/s1. The van der Waals surface area contributed by atoms with E-state index in [-0.39, 0.29) is 57.4 Å². The fourth-order valence-corrected chi connectivity index (χ4v) is 9.28. The second-order valence-corrected chi connectivity index (χ2v) is 16.1. The molecule has 2 amide bonds. The van der Waals surface area contributed by atoms with E-state index in [1.165, 1.54) is 44.6 Å². The van der Waals surface area contributed by atoms with Gasteiger partial charge in [0.15, 0.2) is 18.4 Å². The van der Waals surface area contributed by atoms with Crippen molar-refractivity contribution in [3.8, 4) is 17.2 Å². The van der Waals surface area contributed by atoms with Gasteiger partial charge in [0.25, 0.3) is 11.8 Å². The minimum absolute atomic E-state index is 0.00173. The van der Waals surface area contributed by atoms with E-state index < -0.39 is 108 Å². The summed E-state index contributed by atoms with van der Waals surface area (Å²) in [4.78, 5) is 55.7. The summed E-state index contributed by atoms with van der Waals surface area (Å²) < 4.78 is 29.2. The number of aliphatic hydroxyl groups is 3. The summed E-state index contributed by atoms with van der Waals surface area (Å²) in [5.41, 5.74) is -0.0886. The highest BCUT2D eigenvalue weighted by molar-refractivity contribution is 6.37. The SMILES string of the molecule is COc1cccc2c1C(=O)c1c(O)c3c(c(O)c1C2=O)C[C@@](O)(/C(CO)=N/NCc1ccc(N2C(=O)C=CC2=O)c(Cl)c1)C[C@@H]3O[C@H]1CC(N2CCO[C@@H](OC)C2)[C@H](O)[C@H](C)O1. The number of rotatable bonds is 11. The second kappa shape index (κ2) is 17.1. The summed E-state index contributed by atoms with van der Waals surface area (Å²) in [5, 5.41) is 63.1. The first-order valence-corrected chi connectivity index (χ1v) is 20.3. The highest BCUT2D eigenvalue weighted by Gasteiger charge is 2.50. The number of nitrogens with zero attached hydrogens (tertiary/aromatic N) is 3. The number of amides is 2. The maximum absolute atomic E-state index is 14.2. The first kappa shape index (κ1) is 43.4. The van der Waals surface area contributed by atoms with Crippen LogP contribution in [0.25, 0.3) is 0 Å². The summed E-state index contributed by atoms with van der Waals surface area (Å²) >= 11 is 6.46. The molecule has 328 valence electrons. The zero-order valence-electron chi connectivity index (χ0n) is 33.9. The lowest BCUT2D eigenvalue weighted by Crippen LogP contribution is -2.59.